The van der Waals surface area contributed by atoms with E-state index in [1.54, 1.807) is 31.2 Å². The van der Waals surface area contributed by atoms with Gasteiger partial charge in [0.15, 0.2) is 0 Å². The lowest BCUT2D eigenvalue weighted by Gasteiger charge is -2.26. The van der Waals surface area contributed by atoms with E-state index < -0.39 is 16.1 Å². The Morgan fingerprint density at radius 1 is 1.22 bits per heavy atom. The van der Waals surface area contributed by atoms with Crippen LogP contribution < -0.4 is 4.72 Å². The van der Waals surface area contributed by atoms with Crippen molar-refractivity contribution < 1.29 is 12.8 Å². The van der Waals surface area contributed by atoms with Crippen LogP contribution in [-0.2, 0) is 10.0 Å². The van der Waals surface area contributed by atoms with E-state index in [1.165, 1.54) is 17.8 Å². The number of nitrogens with one attached hydrogen (secondary N) is 1. The Labute approximate surface area is 140 Å². The number of aryl methyl sites for hydroxylation is 2. The van der Waals surface area contributed by atoms with Crippen molar-refractivity contribution in [3.63, 3.8) is 0 Å². The first-order chi connectivity index (χ1) is 10.9. The van der Waals surface area contributed by atoms with Crippen LogP contribution in [-0.4, -0.2) is 14.2 Å². The number of rotatable bonds is 3. The maximum absolute atomic E-state index is 13.9. The monoisotopic (exact) mass is 351 g/mol. The molecule has 0 aromatic heterocycles. The Balaban J connectivity index is 1.97. The fourth-order valence-electron chi connectivity index (χ4n) is 2.76. The van der Waals surface area contributed by atoms with Crippen molar-refractivity contribution in [2.75, 3.05) is 5.75 Å². The van der Waals surface area contributed by atoms with Gasteiger partial charge in [-0.3, -0.25) is 0 Å². The third-order valence-electron chi connectivity index (χ3n) is 3.96. The average molecular weight is 351 g/mol. The molecule has 0 aliphatic carbocycles. The highest BCUT2D eigenvalue weighted by Gasteiger charge is 2.28. The van der Waals surface area contributed by atoms with Crippen molar-refractivity contribution in [2.24, 2.45) is 0 Å². The molecule has 2 aromatic carbocycles. The molecule has 0 bridgehead atoms. The zero-order chi connectivity index (χ0) is 16.6. The Morgan fingerprint density at radius 2 is 2.00 bits per heavy atom. The summed E-state index contributed by atoms with van der Waals surface area (Å²) in [7, 11) is -3.65. The van der Waals surface area contributed by atoms with Gasteiger partial charge in [0.05, 0.1) is 4.90 Å². The van der Waals surface area contributed by atoms with Crippen molar-refractivity contribution >= 4 is 21.8 Å². The molecule has 0 spiro atoms. The normalized spacial score (nSPS) is 17.8. The molecule has 0 unspecified atom stereocenters. The van der Waals surface area contributed by atoms with Gasteiger partial charge < -0.3 is 0 Å². The minimum atomic E-state index is -3.65. The minimum Gasteiger partial charge on any atom is -0.207 e. The molecule has 0 saturated heterocycles. The van der Waals surface area contributed by atoms with Crippen molar-refractivity contribution in [1.82, 2.24) is 4.72 Å². The van der Waals surface area contributed by atoms with Crippen LogP contribution in [0.3, 0.4) is 0 Å². The smallest absolute Gasteiger partial charge is 0.207 e. The molecule has 1 aliphatic heterocycles. The third kappa shape index (κ3) is 3.29. The van der Waals surface area contributed by atoms with Crippen LogP contribution in [0.5, 0.6) is 0 Å². The van der Waals surface area contributed by atoms with Gasteiger partial charge in [-0.2, -0.15) is 0 Å². The fourth-order valence-corrected chi connectivity index (χ4v) is 5.48. The molecule has 1 atom stereocenters. The molecule has 6 heteroatoms. The number of hydrogen-bond donors (Lipinski definition) is 1. The van der Waals surface area contributed by atoms with E-state index in [4.69, 9.17) is 0 Å². The Morgan fingerprint density at radius 3 is 2.78 bits per heavy atom. The first-order valence-electron chi connectivity index (χ1n) is 7.39. The molecule has 0 fully saturated rings. The van der Waals surface area contributed by atoms with Crippen molar-refractivity contribution in [1.29, 1.82) is 0 Å². The van der Waals surface area contributed by atoms with E-state index in [1.807, 2.05) is 13.0 Å². The number of sulfonamides is 1. The molecule has 0 saturated carbocycles. The number of fused-ring (bicyclic) bond motifs is 1. The van der Waals surface area contributed by atoms with Crippen molar-refractivity contribution in [3.05, 3.63) is 58.9 Å². The Kier molecular flexibility index (Phi) is 4.49. The number of halogens is 1. The van der Waals surface area contributed by atoms with Crippen LogP contribution in [0, 0.1) is 19.7 Å². The number of hydrogen-bond acceptors (Lipinski definition) is 3. The lowest BCUT2D eigenvalue weighted by molar-refractivity contribution is 0.533. The molecule has 3 rings (SSSR count). The molecule has 0 amide bonds. The second-order valence-electron chi connectivity index (χ2n) is 5.74. The van der Waals surface area contributed by atoms with E-state index in [-0.39, 0.29) is 10.7 Å². The summed E-state index contributed by atoms with van der Waals surface area (Å²) in [5, 5.41) is 0. The summed E-state index contributed by atoms with van der Waals surface area (Å²) in [5.74, 6) is 0.400. The summed E-state index contributed by atoms with van der Waals surface area (Å²) in [4.78, 5) is 0.834. The van der Waals surface area contributed by atoms with E-state index >= 15 is 0 Å². The van der Waals surface area contributed by atoms with Crippen LogP contribution in [0.15, 0.2) is 46.2 Å². The molecule has 1 N–H and O–H groups in total. The van der Waals surface area contributed by atoms with Gasteiger partial charge in [0.2, 0.25) is 10.0 Å². The predicted molar refractivity (Wildman–Crippen MR) is 90.7 cm³/mol. The lowest BCUT2D eigenvalue weighted by Crippen LogP contribution is -2.31. The van der Waals surface area contributed by atoms with Gasteiger partial charge in [-0.15, -0.1) is 11.8 Å². The summed E-state index contributed by atoms with van der Waals surface area (Å²) in [5.41, 5.74) is 2.31. The van der Waals surface area contributed by atoms with Crippen molar-refractivity contribution in [2.45, 2.75) is 36.1 Å². The zero-order valence-corrected chi connectivity index (χ0v) is 14.6. The lowest BCUT2D eigenvalue weighted by atomic mass is 10.0. The second-order valence-corrected chi connectivity index (χ2v) is 8.53. The predicted octanol–water partition coefficient (Wildman–Crippen LogP) is 3.96. The largest absolute Gasteiger partial charge is 0.241 e. The standard InChI is InChI=1S/C17H18FNO2S2/c1-11-6-7-12(2)16(10-11)23(20,21)19-15-8-9-22-17-13(15)4-3-5-14(17)18/h3-7,10,15,19H,8-9H2,1-2H3/t15-/m1/s1. The molecule has 0 radical (unpaired) electrons. The summed E-state index contributed by atoms with van der Waals surface area (Å²) < 4.78 is 42.2. The van der Waals surface area contributed by atoms with E-state index in [9.17, 15) is 12.8 Å². The quantitative estimate of drug-likeness (QED) is 0.910. The Hall–Kier alpha value is -1.37. The number of thioether (sulfide) groups is 1. The van der Waals surface area contributed by atoms with Crippen LogP contribution in [0.1, 0.15) is 29.2 Å². The molecule has 1 aliphatic rings. The summed E-state index contributed by atoms with van der Waals surface area (Å²) in [6, 6.07) is 9.78. The first kappa shape index (κ1) is 16.5. The summed E-state index contributed by atoms with van der Waals surface area (Å²) >= 11 is 1.44. The molecule has 2 aromatic rings. The van der Waals surface area contributed by atoms with Gasteiger partial charge in [-0.05, 0) is 54.8 Å². The van der Waals surface area contributed by atoms with Gasteiger partial charge in [-0.1, -0.05) is 24.3 Å². The van der Waals surface area contributed by atoms with Crippen LogP contribution >= 0.6 is 11.8 Å². The number of benzene rings is 2. The Bertz CT molecular complexity index is 850. The molecule has 3 nitrogen and oxygen atoms in total. The third-order valence-corrected chi connectivity index (χ3v) is 6.73. The van der Waals surface area contributed by atoms with Gasteiger partial charge >= 0.3 is 0 Å². The molecule has 1 heterocycles. The minimum absolute atomic E-state index is 0.286. The maximum atomic E-state index is 13.9. The van der Waals surface area contributed by atoms with Crippen LogP contribution in [0.4, 0.5) is 4.39 Å². The highest BCUT2D eigenvalue weighted by atomic mass is 32.2. The fraction of sp³-hybridized carbons (Fsp3) is 0.294. The summed E-state index contributed by atoms with van der Waals surface area (Å²) in [6.45, 7) is 3.64. The maximum Gasteiger partial charge on any atom is 0.241 e. The second kappa shape index (κ2) is 6.26. The van der Waals surface area contributed by atoms with Gasteiger partial charge in [0, 0.05) is 10.9 Å². The average Bonchev–Trinajstić information content (AvgIpc) is 2.50. The summed E-state index contributed by atoms with van der Waals surface area (Å²) in [6.07, 6.45) is 0.644. The van der Waals surface area contributed by atoms with E-state index in [2.05, 4.69) is 4.72 Å². The molecular weight excluding hydrogens is 333 g/mol. The zero-order valence-electron chi connectivity index (χ0n) is 13.0. The van der Waals surface area contributed by atoms with Crippen LogP contribution in [0.25, 0.3) is 0 Å². The molecule has 122 valence electrons. The van der Waals surface area contributed by atoms with E-state index in [0.29, 0.717) is 22.6 Å². The van der Waals surface area contributed by atoms with Gasteiger partial charge in [0.25, 0.3) is 0 Å². The highest BCUT2D eigenvalue weighted by molar-refractivity contribution is 7.99. The van der Waals surface area contributed by atoms with Gasteiger partial charge in [-0.25, -0.2) is 17.5 Å². The molecule has 23 heavy (non-hydrogen) atoms. The van der Waals surface area contributed by atoms with Crippen molar-refractivity contribution in [3.8, 4) is 0 Å². The first-order valence-corrected chi connectivity index (χ1v) is 9.86. The molecular formula is C17H18FNO2S2. The van der Waals surface area contributed by atoms with Crippen LogP contribution in [0.2, 0.25) is 0 Å². The van der Waals surface area contributed by atoms with E-state index in [0.717, 1.165) is 11.1 Å². The van der Waals surface area contributed by atoms with Gasteiger partial charge in [0.1, 0.15) is 5.82 Å². The SMILES string of the molecule is Cc1ccc(C)c(S(=O)(=O)N[C@@H]2CCSc3c(F)cccc32)c1. The topological polar surface area (TPSA) is 46.2 Å². The highest BCUT2D eigenvalue weighted by Crippen LogP contribution is 2.38.